The first kappa shape index (κ1) is 12.4. The van der Waals surface area contributed by atoms with Gasteiger partial charge in [0.25, 0.3) is 5.91 Å². The minimum atomic E-state index is -0.140. The molecule has 1 N–H and O–H groups in total. The number of amides is 1. The molecule has 4 rings (SSSR count). The Balaban J connectivity index is 1.56. The molecule has 1 saturated carbocycles. The molecule has 6 nitrogen and oxygen atoms in total. The Kier molecular flexibility index (Phi) is 2.87. The predicted octanol–water partition coefficient (Wildman–Crippen LogP) is 1.72. The van der Waals surface area contributed by atoms with Gasteiger partial charge < -0.3 is 9.64 Å². The van der Waals surface area contributed by atoms with Crippen LogP contribution in [0.15, 0.2) is 24.3 Å². The first-order valence-electron chi connectivity index (χ1n) is 7.23. The molecule has 21 heavy (non-hydrogen) atoms. The maximum Gasteiger partial charge on any atom is 0.293 e. The number of ether oxygens (including phenoxy) is 1. The van der Waals surface area contributed by atoms with E-state index in [1.807, 2.05) is 24.3 Å². The second-order valence-corrected chi connectivity index (χ2v) is 5.50. The van der Waals surface area contributed by atoms with Crippen LogP contribution in [0, 0.1) is 0 Å². The van der Waals surface area contributed by atoms with Gasteiger partial charge in [0.1, 0.15) is 18.2 Å². The average Bonchev–Trinajstić information content (AvgIpc) is 3.28. The molecule has 0 bridgehead atoms. The largest absolute Gasteiger partial charge is 0.491 e. The molecule has 2 aliphatic rings. The van der Waals surface area contributed by atoms with Crippen LogP contribution in [0.1, 0.15) is 40.8 Å². The summed E-state index contributed by atoms with van der Waals surface area (Å²) in [6.45, 7) is 1.56. The number of fused-ring (bicyclic) bond motifs is 1. The van der Waals surface area contributed by atoms with Gasteiger partial charge in [0.2, 0.25) is 5.82 Å². The Hall–Kier alpha value is -2.37. The minimum Gasteiger partial charge on any atom is -0.491 e. The van der Waals surface area contributed by atoms with Crippen molar-refractivity contribution in [1.29, 1.82) is 0 Å². The highest BCUT2D eigenvalue weighted by atomic mass is 16.5. The highest BCUT2D eigenvalue weighted by molar-refractivity contribution is 5.90. The highest BCUT2D eigenvalue weighted by Gasteiger charge is 2.29. The quantitative estimate of drug-likeness (QED) is 0.911. The van der Waals surface area contributed by atoms with Gasteiger partial charge in [-0.25, -0.2) is 4.98 Å². The van der Waals surface area contributed by atoms with Crippen molar-refractivity contribution in [2.24, 2.45) is 0 Å². The number of hydrogen-bond donors (Lipinski definition) is 1. The number of carbonyl (C=O) groups excluding carboxylic acids is 1. The van der Waals surface area contributed by atoms with Crippen molar-refractivity contribution in [2.45, 2.75) is 25.3 Å². The van der Waals surface area contributed by atoms with Gasteiger partial charge in [-0.2, -0.15) is 0 Å². The fourth-order valence-electron chi connectivity index (χ4n) is 2.55. The molecule has 0 atom stereocenters. The van der Waals surface area contributed by atoms with E-state index in [9.17, 15) is 4.79 Å². The molecule has 2 heterocycles. The lowest BCUT2D eigenvalue weighted by molar-refractivity contribution is 0.0721. The van der Waals surface area contributed by atoms with Crippen molar-refractivity contribution < 1.29 is 9.53 Å². The van der Waals surface area contributed by atoms with E-state index in [2.05, 4.69) is 15.2 Å². The van der Waals surface area contributed by atoms with Crippen LogP contribution in [-0.4, -0.2) is 39.1 Å². The summed E-state index contributed by atoms with van der Waals surface area (Å²) in [6.07, 6.45) is 2.27. The van der Waals surface area contributed by atoms with Gasteiger partial charge in [0.05, 0.1) is 6.54 Å². The van der Waals surface area contributed by atoms with E-state index in [0.717, 1.165) is 30.0 Å². The number of H-pyrrole nitrogens is 1. The van der Waals surface area contributed by atoms with E-state index < -0.39 is 0 Å². The molecule has 108 valence electrons. The minimum absolute atomic E-state index is 0.140. The smallest absolute Gasteiger partial charge is 0.293 e. The van der Waals surface area contributed by atoms with Gasteiger partial charge in [-0.05, 0) is 18.9 Å². The number of aromatic nitrogens is 3. The fraction of sp³-hybridized carbons (Fsp3) is 0.400. The van der Waals surface area contributed by atoms with E-state index >= 15 is 0 Å². The van der Waals surface area contributed by atoms with E-state index in [-0.39, 0.29) is 11.7 Å². The molecule has 1 aromatic carbocycles. The standard InChI is InChI=1S/C15H16N4O2/c20-15(14-16-13(17-18-14)10-5-6-10)19-7-8-21-12-4-2-1-3-11(12)9-19/h1-4,10H,5-9H2,(H,16,17,18). The van der Waals surface area contributed by atoms with E-state index in [1.165, 1.54) is 0 Å². The summed E-state index contributed by atoms with van der Waals surface area (Å²) in [6, 6.07) is 7.80. The van der Waals surface area contributed by atoms with Crippen LogP contribution >= 0.6 is 0 Å². The van der Waals surface area contributed by atoms with Crippen LogP contribution in [0.25, 0.3) is 0 Å². The van der Waals surface area contributed by atoms with Crippen molar-refractivity contribution in [3.8, 4) is 5.75 Å². The zero-order chi connectivity index (χ0) is 14.2. The number of aromatic amines is 1. The lowest BCUT2D eigenvalue weighted by atomic mass is 10.2. The first-order valence-corrected chi connectivity index (χ1v) is 7.23. The third-order valence-corrected chi connectivity index (χ3v) is 3.90. The van der Waals surface area contributed by atoms with E-state index in [1.54, 1.807) is 4.90 Å². The lowest BCUT2D eigenvalue weighted by Crippen LogP contribution is -2.33. The first-order chi connectivity index (χ1) is 10.3. The number of nitrogens with one attached hydrogen (secondary N) is 1. The molecule has 2 aromatic rings. The second kappa shape index (κ2) is 4.87. The van der Waals surface area contributed by atoms with Crippen molar-refractivity contribution in [2.75, 3.05) is 13.2 Å². The molecule has 0 spiro atoms. The topological polar surface area (TPSA) is 71.1 Å². The molecule has 0 unspecified atom stereocenters. The Morgan fingerprint density at radius 1 is 1.33 bits per heavy atom. The third kappa shape index (κ3) is 2.37. The molecule has 0 radical (unpaired) electrons. The van der Waals surface area contributed by atoms with Crippen molar-refractivity contribution in [1.82, 2.24) is 20.1 Å². The zero-order valence-electron chi connectivity index (χ0n) is 11.6. The van der Waals surface area contributed by atoms with Gasteiger partial charge in [-0.1, -0.05) is 18.2 Å². The Bertz CT molecular complexity index is 678. The molecule has 1 amide bonds. The summed E-state index contributed by atoms with van der Waals surface area (Å²) >= 11 is 0. The fourth-order valence-corrected chi connectivity index (χ4v) is 2.55. The van der Waals surface area contributed by atoms with Crippen molar-refractivity contribution >= 4 is 5.91 Å². The van der Waals surface area contributed by atoms with E-state index in [4.69, 9.17) is 4.74 Å². The van der Waals surface area contributed by atoms with Gasteiger partial charge in [0.15, 0.2) is 0 Å². The second-order valence-electron chi connectivity index (χ2n) is 5.50. The lowest BCUT2D eigenvalue weighted by Gasteiger charge is -2.17. The maximum absolute atomic E-state index is 12.5. The summed E-state index contributed by atoms with van der Waals surface area (Å²) in [5.41, 5.74) is 1.02. The number of hydrogen-bond acceptors (Lipinski definition) is 4. The van der Waals surface area contributed by atoms with Crippen molar-refractivity contribution in [3.05, 3.63) is 41.5 Å². The van der Waals surface area contributed by atoms with Crippen LogP contribution < -0.4 is 4.74 Å². The molecule has 1 aliphatic heterocycles. The molecule has 6 heteroatoms. The number of nitrogens with zero attached hydrogens (tertiary/aromatic N) is 3. The van der Waals surface area contributed by atoms with Crippen LogP contribution in [-0.2, 0) is 6.54 Å². The average molecular weight is 284 g/mol. The molecular formula is C15H16N4O2. The SMILES string of the molecule is O=C(c1n[nH]c(C2CC2)n1)N1CCOc2ccccc2C1. The molecule has 1 aliphatic carbocycles. The number of carbonyl (C=O) groups is 1. The van der Waals surface area contributed by atoms with Gasteiger partial charge in [-0.3, -0.25) is 9.89 Å². The Morgan fingerprint density at radius 3 is 3.05 bits per heavy atom. The summed E-state index contributed by atoms with van der Waals surface area (Å²) in [5, 5.41) is 6.95. The Labute approximate surface area is 122 Å². The highest BCUT2D eigenvalue weighted by Crippen LogP contribution is 2.37. The van der Waals surface area contributed by atoms with Crippen LogP contribution in [0.4, 0.5) is 0 Å². The van der Waals surface area contributed by atoms with Crippen LogP contribution in [0.5, 0.6) is 5.75 Å². The van der Waals surface area contributed by atoms with E-state index in [0.29, 0.717) is 25.6 Å². The summed E-state index contributed by atoms with van der Waals surface area (Å²) in [5.74, 6) is 2.27. The van der Waals surface area contributed by atoms with Crippen LogP contribution in [0.3, 0.4) is 0 Å². The zero-order valence-corrected chi connectivity index (χ0v) is 11.6. The van der Waals surface area contributed by atoms with Crippen LogP contribution in [0.2, 0.25) is 0 Å². The van der Waals surface area contributed by atoms with Gasteiger partial charge in [-0.15, -0.1) is 5.10 Å². The molecule has 0 saturated heterocycles. The maximum atomic E-state index is 12.5. The summed E-state index contributed by atoms with van der Waals surface area (Å²) < 4.78 is 5.68. The molecule has 1 aromatic heterocycles. The number of para-hydroxylation sites is 1. The summed E-state index contributed by atoms with van der Waals surface area (Å²) in [4.78, 5) is 18.6. The summed E-state index contributed by atoms with van der Waals surface area (Å²) in [7, 11) is 0. The number of rotatable bonds is 2. The van der Waals surface area contributed by atoms with Crippen molar-refractivity contribution in [3.63, 3.8) is 0 Å². The predicted molar refractivity (Wildman–Crippen MR) is 75.0 cm³/mol. The third-order valence-electron chi connectivity index (χ3n) is 3.90. The van der Waals surface area contributed by atoms with Gasteiger partial charge in [0, 0.05) is 18.0 Å². The molecule has 1 fully saturated rings. The monoisotopic (exact) mass is 284 g/mol. The normalized spacial score (nSPS) is 17.8. The Morgan fingerprint density at radius 2 is 2.19 bits per heavy atom. The number of benzene rings is 1. The molecular weight excluding hydrogens is 268 g/mol. The van der Waals surface area contributed by atoms with Gasteiger partial charge >= 0.3 is 0 Å².